The lowest BCUT2D eigenvalue weighted by Gasteiger charge is -2.37. The number of fused-ring (bicyclic) bond motifs is 2. The predicted molar refractivity (Wildman–Crippen MR) is 294 cm³/mol. The fourth-order valence-corrected chi connectivity index (χ4v) is 13.3. The molecule has 394 valence electrons. The molecule has 0 radical (unpaired) electrons. The van der Waals surface area contributed by atoms with Gasteiger partial charge < -0.3 is 9.64 Å². The Balaban J connectivity index is 0.000000116. The van der Waals surface area contributed by atoms with Gasteiger partial charge in [-0.25, -0.2) is 0 Å². The van der Waals surface area contributed by atoms with E-state index in [1.807, 2.05) is 12.1 Å². The highest BCUT2D eigenvalue weighted by Gasteiger charge is 2.39. The summed E-state index contributed by atoms with van der Waals surface area (Å²) in [6.45, 7) is 13.3. The van der Waals surface area contributed by atoms with E-state index >= 15 is 0 Å². The first kappa shape index (κ1) is 53.2. The van der Waals surface area contributed by atoms with Crippen molar-refractivity contribution in [2.45, 2.75) is 128 Å². The molecular formula is C56H94N14O. The summed E-state index contributed by atoms with van der Waals surface area (Å²) in [7, 11) is 14.6. The maximum atomic E-state index is 5.31. The van der Waals surface area contributed by atoms with Crippen LogP contribution in [0.3, 0.4) is 0 Å². The zero-order valence-electron chi connectivity index (χ0n) is 45.4. The molecule has 6 fully saturated rings. The van der Waals surface area contributed by atoms with Crippen molar-refractivity contribution >= 4 is 36.8 Å². The second-order valence-electron chi connectivity index (χ2n) is 23.8. The minimum absolute atomic E-state index is 0.354. The molecule has 0 aromatic heterocycles. The minimum Gasteiger partial charge on any atom is -0.381 e. The Morgan fingerprint density at radius 3 is 1.56 bits per heavy atom. The molecule has 3 saturated carbocycles. The second kappa shape index (κ2) is 24.8. The van der Waals surface area contributed by atoms with Gasteiger partial charge >= 0.3 is 0 Å². The summed E-state index contributed by atoms with van der Waals surface area (Å²) in [5.74, 6) is 1.50. The zero-order valence-corrected chi connectivity index (χ0v) is 45.4. The number of likely N-dealkylation sites (tertiary alicyclic amines) is 2. The molecule has 3 aliphatic carbocycles. The van der Waals surface area contributed by atoms with Gasteiger partial charge in [0.15, 0.2) is 0 Å². The van der Waals surface area contributed by atoms with Gasteiger partial charge in [-0.1, -0.05) is 68.9 Å². The summed E-state index contributed by atoms with van der Waals surface area (Å²) in [5.41, 5.74) is 4.58. The first-order valence-corrected chi connectivity index (χ1v) is 27.9. The lowest BCUT2D eigenvalue weighted by atomic mass is 9.75. The SMILES string of the molecule is CN1CC2(C=N1)CCCC2.CN1CC2(C=N1)CCCCC2.CN1CC2(C=N1)CCN(Cc1ccccc1)CC2.CN1CC2(C=N1)CCOCC2.CN1CC2CCCCC2=N1.CN1CCC2C(C=NN2C)C1. The van der Waals surface area contributed by atoms with Gasteiger partial charge in [-0.3, -0.25) is 35.0 Å². The highest BCUT2D eigenvalue weighted by molar-refractivity contribution is 5.88. The molecule has 0 bridgehead atoms. The fourth-order valence-electron chi connectivity index (χ4n) is 13.3. The molecule has 13 rings (SSSR count). The average Bonchev–Trinajstić information content (AvgIpc) is 4.28. The van der Waals surface area contributed by atoms with Gasteiger partial charge in [0.05, 0.1) is 6.04 Å². The van der Waals surface area contributed by atoms with Gasteiger partial charge in [-0.05, 0) is 109 Å². The van der Waals surface area contributed by atoms with Crippen molar-refractivity contribution in [3.8, 4) is 0 Å². The molecule has 3 atom stereocenters. The molecule has 12 aliphatic rings. The van der Waals surface area contributed by atoms with E-state index in [9.17, 15) is 0 Å². The Morgan fingerprint density at radius 2 is 1.04 bits per heavy atom. The summed E-state index contributed by atoms with van der Waals surface area (Å²) < 4.78 is 5.31. The third-order valence-corrected chi connectivity index (χ3v) is 17.6. The molecule has 3 saturated heterocycles. The Kier molecular flexibility index (Phi) is 18.6. The van der Waals surface area contributed by atoms with Crippen LogP contribution in [0, 0.1) is 33.5 Å². The Bertz CT molecular complexity index is 1920. The summed E-state index contributed by atoms with van der Waals surface area (Å²) >= 11 is 0. The number of benzene rings is 1. The van der Waals surface area contributed by atoms with Gasteiger partial charge in [-0.15, -0.1) is 0 Å². The third kappa shape index (κ3) is 15.0. The molecule has 9 aliphatic heterocycles. The van der Waals surface area contributed by atoms with E-state index in [1.54, 1.807) is 0 Å². The van der Waals surface area contributed by atoms with E-state index in [-0.39, 0.29) is 0 Å². The summed E-state index contributed by atoms with van der Waals surface area (Å²) in [4.78, 5) is 4.94. The highest BCUT2D eigenvalue weighted by atomic mass is 16.5. The molecule has 15 nitrogen and oxygen atoms in total. The molecule has 1 aromatic carbocycles. The Labute approximate surface area is 429 Å². The smallest absolute Gasteiger partial charge is 0.0570 e. The number of piperidine rings is 2. The van der Waals surface area contributed by atoms with E-state index in [4.69, 9.17) is 4.74 Å². The predicted octanol–water partition coefficient (Wildman–Crippen LogP) is 7.98. The highest BCUT2D eigenvalue weighted by Crippen LogP contribution is 2.40. The van der Waals surface area contributed by atoms with E-state index in [0.29, 0.717) is 33.6 Å². The monoisotopic (exact) mass is 979 g/mol. The summed E-state index contributed by atoms with van der Waals surface area (Å²) in [6.07, 6.45) is 34.7. The van der Waals surface area contributed by atoms with Gasteiger partial charge in [-0.2, -0.15) is 30.6 Å². The summed E-state index contributed by atoms with van der Waals surface area (Å²) in [5, 5.41) is 38.5. The van der Waals surface area contributed by atoms with Crippen molar-refractivity contribution in [2.75, 3.05) is 121 Å². The normalized spacial score (nSPS) is 28.9. The quantitative estimate of drug-likeness (QED) is 0.292. The third-order valence-electron chi connectivity index (χ3n) is 17.6. The Morgan fingerprint density at radius 1 is 0.521 bits per heavy atom. The standard InChI is InChI=1S/C15H21N3.C9H16N2.C8H15N3.C8H14N2O.2C8H14N2/c1-17-13-15(12-16-17)7-9-18(10-8-15)11-14-5-3-2-4-6-14;1-11-8-9(7-10-11)5-3-2-4-6-9;1-10-4-3-8-7(6-10)5-9-11(8)2;1-10-7-8(6-9-10)2-4-11-5-3-8;1-10-7-8(6-9-10)4-2-3-5-8;1-10-6-7-4-2-3-5-8(7)9-10/h2-6,12H,7-11,13H2,1H3;7H,2-6,8H2,1H3;5,7-8H,3-4,6H2,1-2H3;6H,2-5,7H2,1H3;6H,2-5,7H2,1H3;7H,2-6H2,1H3. The molecule has 1 aromatic rings. The van der Waals surface area contributed by atoms with Crippen LogP contribution in [0.1, 0.15) is 121 Å². The number of hydrazone groups is 6. The molecule has 3 unspecified atom stereocenters. The number of hydrogen-bond donors (Lipinski definition) is 0. The molecule has 0 amide bonds. The largest absolute Gasteiger partial charge is 0.381 e. The average molecular weight is 979 g/mol. The first-order valence-electron chi connectivity index (χ1n) is 27.9. The minimum atomic E-state index is 0.354. The topological polar surface area (TPSA) is 109 Å². The van der Waals surface area contributed by atoms with Crippen LogP contribution in [0.15, 0.2) is 60.9 Å². The van der Waals surface area contributed by atoms with Gasteiger partial charge in [0, 0.05) is 172 Å². The van der Waals surface area contributed by atoms with Crippen LogP contribution in [-0.4, -0.2) is 204 Å². The molecule has 0 N–H and O–H groups in total. The van der Waals surface area contributed by atoms with Crippen molar-refractivity contribution in [2.24, 2.45) is 64.1 Å². The van der Waals surface area contributed by atoms with Crippen LogP contribution >= 0.6 is 0 Å². The first-order chi connectivity index (χ1) is 34.3. The van der Waals surface area contributed by atoms with E-state index in [0.717, 1.165) is 64.7 Å². The lowest BCUT2D eigenvalue weighted by molar-refractivity contribution is 0.0425. The maximum absolute atomic E-state index is 5.31. The molecule has 71 heavy (non-hydrogen) atoms. The van der Waals surface area contributed by atoms with Gasteiger partial charge in [0.25, 0.3) is 0 Å². The van der Waals surface area contributed by atoms with Crippen molar-refractivity contribution in [1.82, 2.24) is 39.9 Å². The second-order valence-corrected chi connectivity index (χ2v) is 23.8. The number of ether oxygens (including phenoxy) is 1. The number of rotatable bonds is 2. The van der Waals surface area contributed by atoms with Gasteiger partial charge in [0.2, 0.25) is 0 Å². The molecular weight excluding hydrogens is 885 g/mol. The van der Waals surface area contributed by atoms with Crippen LogP contribution in [0.4, 0.5) is 0 Å². The molecule has 9 heterocycles. The van der Waals surface area contributed by atoms with E-state index < -0.39 is 0 Å². The van der Waals surface area contributed by atoms with E-state index in [1.165, 1.54) is 147 Å². The van der Waals surface area contributed by atoms with Crippen molar-refractivity contribution in [3.63, 3.8) is 0 Å². The lowest BCUT2D eigenvalue weighted by Crippen LogP contribution is -2.44. The van der Waals surface area contributed by atoms with Crippen LogP contribution in [-0.2, 0) is 11.3 Å². The number of hydrogen-bond acceptors (Lipinski definition) is 15. The van der Waals surface area contributed by atoms with Crippen LogP contribution in [0.25, 0.3) is 0 Å². The van der Waals surface area contributed by atoms with Gasteiger partial charge in [0.1, 0.15) is 0 Å². The van der Waals surface area contributed by atoms with Crippen LogP contribution in [0.2, 0.25) is 0 Å². The van der Waals surface area contributed by atoms with Crippen LogP contribution in [0.5, 0.6) is 0 Å². The zero-order chi connectivity index (χ0) is 49.7. The molecule has 4 spiro atoms. The number of nitrogens with zero attached hydrogens (tertiary/aromatic N) is 14. The van der Waals surface area contributed by atoms with Crippen molar-refractivity contribution in [3.05, 3.63) is 35.9 Å². The Hall–Kier alpha value is -4.08. The van der Waals surface area contributed by atoms with E-state index in [2.05, 4.69) is 169 Å². The van der Waals surface area contributed by atoms with Crippen molar-refractivity contribution in [1.29, 1.82) is 0 Å². The maximum Gasteiger partial charge on any atom is 0.0570 e. The molecule has 15 heteroatoms. The summed E-state index contributed by atoms with van der Waals surface area (Å²) in [6, 6.07) is 11.5. The van der Waals surface area contributed by atoms with Crippen LogP contribution < -0.4 is 0 Å². The fraction of sp³-hybridized carbons (Fsp3) is 0.786. The van der Waals surface area contributed by atoms with Crippen molar-refractivity contribution < 1.29 is 4.74 Å².